The number of benzene rings is 1. The molecule has 0 heterocycles. The van der Waals surface area contributed by atoms with Crippen LogP contribution in [-0.2, 0) is 0 Å². The fourth-order valence-electron chi connectivity index (χ4n) is 1.42. The van der Waals surface area contributed by atoms with Crippen LogP contribution in [0, 0.1) is 18.2 Å². The van der Waals surface area contributed by atoms with Crippen LogP contribution in [0.5, 0.6) is 0 Å². The van der Waals surface area contributed by atoms with Gasteiger partial charge in [-0.2, -0.15) is 0 Å². The first-order valence-corrected chi connectivity index (χ1v) is 5.66. The Kier molecular flexibility index (Phi) is 3.56. The summed E-state index contributed by atoms with van der Waals surface area (Å²) >= 11 is 3.15. The molecule has 0 saturated carbocycles. The maximum atomic E-state index is 13.8. The summed E-state index contributed by atoms with van der Waals surface area (Å²) in [4.78, 5) is 0. The highest BCUT2D eigenvalue weighted by atomic mass is 79.9. The Morgan fingerprint density at radius 3 is 2.33 bits per heavy atom. The van der Waals surface area contributed by atoms with Crippen molar-refractivity contribution in [3.05, 3.63) is 33.5 Å². The molecule has 0 fully saturated rings. The minimum atomic E-state index is -0.798. The van der Waals surface area contributed by atoms with E-state index in [4.69, 9.17) is 0 Å². The molecule has 0 aliphatic rings. The molecule has 1 aromatic rings. The van der Waals surface area contributed by atoms with Crippen molar-refractivity contribution in [1.29, 1.82) is 0 Å². The van der Waals surface area contributed by atoms with E-state index in [-0.39, 0.29) is 11.2 Å². The molecule has 1 aromatic carbocycles. The van der Waals surface area contributed by atoms with Crippen molar-refractivity contribution in [2.24, 2.45) is 5.41 Å². The second kappa shape index (κ2) is 4.22. The highest BCUT2D eigenvalue weighted by Crippen LogP contribution is 2.36. The highest BCUT2D eigenvalue weighted by molar-refractivity contribution is 9.10. The van der Waals surface area contributed by atoms with Gasteiger partial charge in [0.2, 0.25) is 0 Å². The molecule has 0 aromatic heterocycles. The molecule has 1 N–H and O–H groups in total. The van der Waals surface area contributed by atoms with Crippen molar-refractivity contribution in [1.82, 2.24) is 0 Å². The van der Waals surface area contributed by atoms with Gasteiger partial charge < -0.3 is 5.11 Å². The Labute approximate surface area is 98.4 Å². The first-order valence-electron chi connectivity index (χ1n) is 4.87. The molecule has 0 radical (unpaired) electrons. The van der Waals surface area contributed by atoms with E-state index < -0.39 is 6.10 Å². The third-order valence-electron chi connectivity index (χ3n) is 2.32. The van der Waals surface area contributed by atoms with Crippen molar-refractivity contribution in [2.75, 3.05) is 0 Å². The molecular formula is C12H16BrFO. The van der Waals surface area contributed by atoms with Gasteiger partial charge in [0.15, 0.2) is 0 Å². The van der Waals surface area contributed by atoms with E-state index in [1.165, 1.54) is 0 Å². The van der Waals surface area contributed by atoms with Gasteiger partial charge in [-0.25, -0.2) is 4.39 Å². The van der Waals surface area contributed by atoms with Gasteiger partial charge in [0, 0.05) is 5.56 Å². The molecule has 1 nitrogen and oxygen atoms in total. The summed E-state index contributed by atoms with van der Waals surface area (Å²) in [6, 6.07) is 3.39. The largest absolute Gasteiger partial charge is 0.388 e. The average Bonchev–Trinajstić information content (AvgIpc) is 2.08. The van der Waals surface area contributed by atoms with E-state index in [1.807, 2.05) is 27.7 Å². The van der Waals surface area contributed by atoms with Crippen LogP contribution in [0.3, 0.4) is 0 Å². The fourth-order valence-corrected chi connectivity index (χ4v) is 2.01. The summed E-state index contributed by atoms with van der Waals surface area (Å²) in [5.74, 6) is -0.372. The maximum Gasteiger partial charge on any atom is 0.143 e. The van der Waals surface area contributed by atoms with Crippen LogP contribution in [0.4, 0.5) is 4.39 Å². The van der Waals surface area contributed by atoms with Gasteiger partial charge in [0.1, 0.15) is 5.82 Å². The molecule has 1 rings (SSSR count). The summed E-state index contributed by atoms with van der Waals surface area (Å²) in [5, 5.41) is 10.0. The van der Waals surface area contributed by atoms with Gasteiger partial charge in [-0.15, -0.1) is 0 Å². The number of rotatable bonds is 1. The lowest BCUT2D eigenvalue weighted by Gasteiger charge is -2.27. The Balaban J connectivity index is 3.25. The summed E-state index contributed by atoms with van der Waals surface area (Å²) < 4.78 is 14.2. The fraction of sp³-hybridized carbons (Fsp3) is 0.500. The van der Waals surface area contributed by atoms with Crippen LogP contribution in [0.25, 0.3) is 0 Å². The second-order valence-corrected chi connectivity index (χ2v) is 5.77. The number of hydrogen-bond donors (Lipinski definition) is 1. The number of aliphatic hydroxyl groups excluding tert-OH is 1. The van der Waals surface area contributed by atoms with Gasteiger partial charge >= 0.3 is 0 Å². The van der Waals surface area contributed by atoms with Crippen molar-refractivity contribution in [3.8, 4) is 0 Å². The Morgan fingerprint density at radius 1 is 1.33 bits per heavy atom. The zero-order chi connectivity index (χ0) is 11.8. The van der Waals surface area contributed by atoms with Crippen LogP contribution in [0.2, 0.25) is 0 Å². The highest BCUT2D eigenvalue weighted by Gasteiger charge is 2.27. The molecule has 1 atom stereocenters. The van der Waals surface area contributed by atoms with E-state index in [2.05, 4.69) is 15.9 Å². The Morgan fingerprint density at radius 2 is 1.87 bits per heavy atom. The van der Waals surface area contributed by atoms with E-state index in [0.717, 1.165) is 5.56 Å². The lowest BCUT2D eigenvalue weighted by atomic mass is 9.84. The average molecular weight is 275 g/mol. The van der Waals surface area contributed by atoms with Gasteiger partial charge in [0.25, 0.3) is 0 Å². The normalized spacial score (nSPS) is 14.1. The standard InChI is InChI=1S/C12H16BrFO/c1-7-5-8(10(14)9(13)6-7)11(15)12(2,3)4/h5-6,11,15H,1-4H3. The third kappa shape index (κ3) is 2.79. The van der Waals surface area contributed by atoms with E-state index in [1.54, 1.807) is 12.1 Å². The lowest BCUT2D eigenvalue weighted by molar-refractivity contribution is 0.0593. The zero-order valence-corrected chi connectivity index (χ0v) is 11.0. The van der Waals surface area contributed by atoms with Crippen molar-refractivity contribution in [2.45, 2.75) is 33.8 Å². The first-order chi connectivity index (χ1) is 6.73. The van der Waals surface area contributed by atoms with Gasteiger partial charge in [-0.05, 0) is 39.9 Å². The van der Waals surface area contributed by atoms with Crippen LogP contribution < -0.4 is 0 Å². The summed E-state index contributed by atoms with van der Waals surface area (Å²) in [6.07, 6.45) is -0.798. The smallest absolute Gasteiger partial charge is 0.143 e. The van der Waals surface area contributed by atoms with E-state index >= 15 is 0 Å². The van der Waals surface area contributed by atoms with Crippen molar-refractivity contribution >= 4 is 15.9 Å². The minimum Gasteiger partial charge on any atom is -0.388 e. The van der Waals surface area contributed by atoms with Crippen molar-refractivity contribution in [3.63, 3.8) is 0 Å². The first kappa shape index (κ1) is 12.7. The second-order valence-electron chi connectivity index (χ2n) is 4.92. The quantitative estimate of drug-likeness (QED) is 0.822. The zero-order valence-electron chi connectivity index (χ0n) is 9.44. The SMILES string of the molecule is Cc1cc(Br)c(F)c(C(O)C(C)(C)C)c1. The molecule has 84 valence electrons. The van der Waals surface area contributed by atoms with Gasteiger partial charge in [-0.1, -0.05) is 26.8 Å². The summed E-state index contributed by atoms with van der Waals surface area (Å²) in [7, 11) is 0. The lowest BCUT2D eigenvalue weighted by Crippen LogP contribution is -2.19. The minimum absolute atomic E-state index is 0.356. The monoisotopic (exact) mass is 274 g/mol. The van der Waals surface area contributed by atoms with Gasteiger partial charge in [-0.3, -0.25) is 0 Å². The predicted molar refractivity (Wildman–Crippen MR) is 63.3 cm³/mol. The molecular weight excluding hydrogens is 259 g/mol. The van der Waals surface area contributed by atoms with Crippen LogP contribution in [0.1, 0.15) is 38.0 Å². The topological polar surface area (TPSA) is 20.2 Å². The molecule has 15 heavy (non-hydrogen) atoms. The summed E-state index contributed by atoms with van der Waals surface area (Å²) in [6.45, 7) is 7.52. The number of halogens is 2. The third-order valence-corrected chi connectivity index (χ3v) is 2.89. The summed E-state index contributed by atoms with van der Waals surface area (Å²) in [5.41, 5.74) is 0.921. The number of aliphatic hydroxyl groups is 1. The Hall–Kier alpha value is -0.410. The van der Waals surface area contributed by atoms with Crippen LogP contribution in [0.15, 0.2) is 16.6 Å². The van der Waals surface area contributed by atoms with E-state index in [0.29, 0.717) is 10.0 Å². The predicted octanol–water partition coefficient (Wildman–Crippen LogP) is 3.98. The van der Waals surface area contributed by atoms with Crippen LogP contribution >= 0.6 is 15.9 Å². The Bertz CT molecular complexity index is 369. The molecule has 0 saturated heterocycles. The number of hydrogen-bond acceptors (Lipinski definition) is 1. The molecule has 1 unspecified atom stereocenters. The van der Waals surface area contributed by atoms with Gasteiger partial charge in [0.05, 0.1) is 10.6 Å². The number of aryl methyl sites for hydroxylation is 1. The van der Waals surface area contributed by atoms with Crippen LogP contribution in [-0.4, -0.2) is 5.11 Å². The maximum absolute atomic E-state index is 13.8. The van der Waals surface area contributed by atoms with Crippen molar-refractivity contribution < 1.29 is 9.50 Å². The molecule has 0 amide bonds. The van der Waals surface area contributed by atoms with E-state index in [9.17, 15) is 9.50 Å². The molecule has 3 heteroatoms. The molecule has 0 aliphatic carbocycles. The molecule has 0 spiro atoms. The molecule has 0 aliphatic heterocycles. The molecule has 0 bridgehead atoms.